The van der Waals surface area contributed by atoms with Crippen LogP contribution >= 0.6 is 0 Å². The maximum absolute atomic E-state index is 11.0. The van der Waals surface area contributed by atoms with Gasteiger partial charge in [0, 0.05) is 7.05 Å². The fourth-order valence-electron chi connectivity index (χ4n) is 1.76. The van der Waals surface area contributed by atoms with Crippen LogP contribution in [0.4, 0.5) is 11.6 Å². The van der Waals surface area contributed by atoms with Gasteiger partial charge < -0.3 is 10.1 Å². The average Bonchev–Trinajstić information content (AvgIpc) is 2.35. The SMILES string of the molecule is CCCC(C)COc1nc(NC)nc(C)c1[N+](=O)[O-]. The van der Waals surface area contributed by atoms with E-state index in [1.165, 1.54) is 0 Å². The molecule has 0 saturated heterocycles. The lowest BCUT2D eigenvalue weighted by molar-refractivity contribution is -0.387. The van der Waals surface area contributed by atoms with Crippen LogP contribution in [0.3, 0.4) is 0 Å². The highest BCUT2D eigenvalue weighted by molar-refractivity contribution is 5.48. The van der Waals surface area contributed by atoms with Crippen LogP contribution in [0.15, 0.2) is 0 Å². The van der Waals surface area contributed by atoms with E-state index in [-0.39, 0.29) is 11.6 Å². The zero-order valence-corrected chi connectivity index (χ0v) is 11.8. The average molecular weight is 268 g/mol. The first kappa shape index (κ1) is 15.1. The third-order valence-corrected chi connectivity index (χ3v) is 2.72. The Morgan fingerprint density at radius 3 is 2.68 bits per heavy atom. The van der Waals surface area contributed by atoms with Crippen LogP contribution in [0, 0.1) is 23.0 Å². The second kappa shape index (κ2) is 6.86. The molecule has 1 rings (SSSR count). The minimum Gasteiger partial charge on any atom is -0.472 e. The maximum Gasteiger partial charge on any atom is 0.352 e. The largest absolute Gasteiger partial charge is 0.472 e. The van der Waals surface area contributed by atoms with Crippen molar-refractivity contribution in [3.63, 3.8) is 0 Å². The highest BCUT2D eigenvalue weighted by Gasteiger charge is 2.23. The number of aromatic nitrogens is 2. The summed E-state index contributed by atoms with van der Waals surface area (Å²) in [5, 5.41) is 13.8. The van der Waals surface area contributed by atoms with E-state index in [0.29, 0.717) is 24.2 Å². The Balaban J connectivity index is 2.96. The minimum absolute atomic E-state index is 0.0322. The van der Waals surface area contributed by atoms with Gasteiger partial charge in [-0.2, -0.15) is 4.98 Å². The zero-order chi connectivity index (χ0) is 14.4. The molecule has 0 saturated carbocycles. The molecule has 19 heavy (non-hydrogen) atoms. The Labute approximate surface area is 112 Å². The minimum atomic E-state index is -0.505. The van der Waals surface area contributed by atoms with Crippen LogP contribution in [0.5, 0.6) is 5.88 Å². The van der Waals surface area contributed by atoms with Gasteiger partial charge in [-0.3, -0.25) is 10.1 Å². The number of rotatable bonds is 7. The zero-order valence-electron chi connectivity index (χ0n) is 11.8. The van der Waals surface area contributed by atoms with Gasteiger partial charge in [-0.1, -0.05) is 20.3 Å². The summed E-state index contributed by atoms with van der Waals surface area (Å²) >= 11 is 0. The molecule has 1 aromatic rings. The summed E-state index contributed by atoms with van der Waals surface area (Å²) in [5.41, 5.74) is 0.130. The van der Waals surface area contributed by atoms with Crippen molar-refractivity contribution in [2.75, 3.05) is 19.0 Å². The summed E-state index contributed by atoms with van der Waals surface area (Å²) in [6.07, 6.45) is 2.06. The molecule has 0 aromatic carbocycles. The third-order valence-electron chi connectivity index (χ3n) is 2.72. The molecule has 1 N–H and O–H groups in total. The molecule has 0 spiro atoms. The monoisotopic (exact) mass is 268 g/mol. The molecule has 0 aliphatic rings. The molecule has 0 aliphatic heterocycles. The van der Waals surface area contributed by atoms with Gasteiger partial charge in [0.15, 0.2) is 0 Å². The van der Waals surface area contributed by atoms with Crippen molar-refractivity contribution < 1.29 is 9.66 Å². The quantitative estimate of drug-likeness (QED) is 0.603. The second-order valence-electron chi connectivity index (χ2n) is 4.50. The molecule has 0 radical (unpaired) electrons. The molecule has 0 bridgehead atoms. The molecule has 106 valence electrons. The Bertz CT molecular complexity index is 451. The molecule has 7 heteroatoms. The van der Waals surface area contributed by atoms with Gasteiger partial charge in [-0.15, -0.1) is 0 Å². The molecule has 1 atom stereocenters. The molecule has 1 heterocycles. The lowest BCUT2D eigenvalue weighted by atomic mass is 10.1. The highest BCUT2D eigenvalue weighted by atomic mass is 16.6. The predicted molar refractivity (Wildman–Crippen MR) is 72.5 cm³/mol. The number of nitrogens with one attached hydrogen (secondary N) is 1. The van der Waals surface area contributed by atoms with Crippen LogP contribution < -0.4 is 10.1 Å². The first-order valence-electron chi connectivity index (χ1n) is 6.33. The fraction of sp³-hybridized carbons (Fsp3) is 0.667. The van der Waals surface area contributed by atoms with Gasteiger partial charge >= 0.3 is 5.69 Å². The normalized spacial score (nSPS) is 12.0. The fourth-order valence-corrected chi connectivity index (χ4v) is 1.76. The lowest BCUT2D eigenvalue weighted by Gasteiger charge is -2.12. The maximum atomic E-state index is 11.0. The van der Waals surface area contributed by atoms with Crippen molar-refractivity contribution in [2.45, 2.75) is 33.6 Å². The van der Waals surface area contributed by atoms with Crippen LogP contribution in [0.25, 0.3) is 0 Å². The van der Waals surface area contributed by atoms with Crippen LogP contribution in [-0.4, -0.2) is 28.5 Å². The van der Waals surface area contributed by atoms with E-state index >= 15 is 0 Å². The molecule has 1 aromatic heterocycles. The Morgan fingerprint density at radius 1 is 1.47 bits per heavy atom. The van der Waals surface area contributed by atoms with Crippen molar-refractivity contribution in [3.05, 3.63) is 15.8 Å². The first-order valence-corrected chi connectivity index (χ1v) is 6.33. The van der Waals surface area contributed by atoms with Crippen molar-refractivity contribution in [1.82, 2.24) is 9.97 Å². The smallest absolute Gasteiger partial charge is 0.352 e. The number of aryl methyl sites for hydroxylation is 1. The molecule has 0 amide bonds. The van der Waals surface area contributed by atoms with Crippen molar-refractivity contribution in [3.8, 4) is 5.88 Å². The van der Waals surface area contributed by atoms with Gasteiger partial charge in [-0.05, 0) is 19.3 Å². The number of hydrogen-bond donors (Lipinski definition) is 1. The number of hydrogen-bond acceptors (Lipinski definition) is 6. The van der Waals surface area contributed by atoms with Gasteiger partial charge in [0.1, 0.15) is 5.69 Å². The van der Waals surface area contributed by atoms with Gasteiger partial charge in [0.25, 0.3) is 5.88 Å². The van der Waals surface area contributed by atoms with Crippen LogP contribution in [-0.2, 0) is 0 Å². The topological polar surface area (TPSA) is 90.2 Å². The summed E-state index contributed by atoms with van der Waals surface area (Å²) < 4.78 is 5.50. The Hall–Kier alpha value is -1.92. The van der Waals surface area contributed by atoms with E-state index in [1.54, 1.807) is 14.0 Å². The van der Waals surface area contributed by atoms with Crippen molar-refractivity contribution >= 4 is 11.6 Å². The number of nitro groups is 1. The van der Waals surface area contributed by atoms with Crippen LogP contribution in [0.2, 0.25) is 0 Å². The summed E-state index contributed by atoms with van der Waals surface area (Å²) in [6, 6.07) is 0. The van der Waals surface area contributed by atoms with Gasteiger partial charge in [-0.25, -0.2) is 4.98 Å². The number of nitrogens with zero attached hydrogens (tertiary/aromatic N) is 3. The summed E-state index contributed by atoms with van der Waals surface area (Å²) in [4.78, 5) is 18.5. The Kier molecular flexibility index (Phi) is 5.47. The molecule has 0 aliphatic carbocycles. The Morgan fingerprint density at radius 2 is 2.16 bits per heavy atom. The van der Waals surface area contributed by atoms with Crippen molar-refractivity contribution in [1.29, 1.82) is 0 Å². The first-order chi connectivity index (χ1) is 8.99. The van der Waals surface area contributed by atoms with Gasteiger partial charge in [0.05, 0.1) is 11.5 Å². The van der Waals surface area contributed by atoms with E-state index in [0.717, 1.165) is 12.8 Å². The molecular weight excluding hydrogens is 248 g/mol. The molecule has 1 unspecified atom stereocenters. The van der Waals surface area contributed by atoms with E-state index in [9.17, 15) is 10.1 Å². The summed E-state index contributed by atoms with van der Waals surface area (Å²) in [7, 11) is 1.66. The predicted octanol–water partition coefficient (Wildman–Crippen LogP) is 2.55. The second-order valence-corrected chi connectivity index (χ2v) is 4.50. The number of anilines is 1. The standard InChI is InChI=1S/C12H20N4O3/c1-5-6-8(2)7-19-11-10(16(17)18)9(3)14-12(13-4)15-11/h8H,5-7H2,1-4H3,(H,13,14,15). The van der Waals surface area contributed by atoms with E-state index in [4.69, 9.17) is 4.74 Å². The van der Waals surface area contributed by atoms with E-state index < -0.39 is 4.92 Å². The van der Waals surface area contributed by atoms with Crippen molar-refractivity contribution in [2.24, 2.45) is 5.92 Å². The molecular formula is C12H20N4O3. The van der Waals surface area contributed by atoms with E-state index in [2.05, 4.69) is 22.2 Å². The van der Waals surface area contributed by atoms with Gasteiger partial charge in [0.2, 0.25) is 5.95 Å². The lowest BCUT2D eigenvalue weighted by Crippen LogP contribution is -2.12. The molecule has 0 fully saturated rings. The third kappa shape index (κ3) is 4.04. The highest BCUT2D eigenvalue weighted by Crippen LogP contribution is 2.29. The molecule has 7 nitrogen and oxygen atoms in total. The van der Waals surface area contributed by atoms with Crippen LogP contribution in [0.1, 0.15) is 32.4 Å². The summed E-state index contributed by atoms with van der Waals surface area (Å²) in [5.74, 6) is 0.684. The summed E-state index contributed by atoms with van der Waals surface area (Å²) in [6.45, 7) is 6.12. The number of ether oxygens (including phenoxy) is 1. The van der Waals surface area contributed by atoms with E-state index in [1.807, 2.05) is 6.92 Å².